The molecule has 78 valence electrons. The third-order valence-corrected chi connectivity index (χ3v) is 2.71. The standard InChI is InChI=1S/C8H12N2O3S/c1-5-6(14-8(13)9-5)3-10(2)4-7(11)12/h3-4H2,1-2H3,(H,9,13)(H,11,12). The lowest BCUT2D eigenvalue weighted by Crippen LogP contribution is -2.24. The molecule has 0 atom stereocenters. The van der Waals surface area contributed by atoms with E-state index in [1.807, 2.05) is 6.92 Å². The molecule has 14 heavy (non-hydrogen) atoms. The SMILES string of the molecule is Cc1[nH]c(=O)sc1CN(C)CC(=O)O. The van der Waals surface area contributed by atoms with Gasteiger partial charge in [0.15, 0.2) is 0 Å². The number of aliphatic carboxylic acids is 1. The summed E-state index contributed by atoms with van der Waals surface area (Å²) in [6.07, 6.45) is 0. The molecule has 0 aliphatic heterocycles. The van der Waals surface area contributed by atoms with Crippen molar-refractivity contribution in [1.82, 2.24) is 9.88 Å². The molecule has 6 heteroatoms. The van der Waals surface area contributed by atoms with Crippen LogP contribution in [0.1, 0.15) is 10.6 Å². The summed E-state index contributed by atoms with van der Waals surface area (Å²) in [5.41, 5.74) is 0.817. The monoisotopic (exact) mass is 216 g/mol. The van der Waals surface area contributed by atoms with Crippen molar-refractivity contribution in [2.45, 2.75) is 13.5 Å². The second-order valence-corrected chi connectivity index (χ2v) is 4.20. The highest BCUT2D eigenvalue weighted by atomic mass is 32.1. The number of hydrogen-bond acceptors (Lipinski definition) is 4. The fourth-order valence-corrected chi connectivity index (χ4v) is 2.04. The topological polar surface area (TPSA) is 73.4 Å². The maximum Gasteiger partial charge on any atom is 0.317 e. The van der Waals surface area contributed by atoms with E-state index in [4.69, 9.17) is 5.11 Å². The predicted octanol–water partition coefficient (Wildman–Crippen LogP) is 0.261. The molecular weight excluding hydrogens is 204 g/mol. The van der Waals surface area contributed by atoms with E-state index >= 15 is 0 Å². The van der Waals surface area contributed by atoms with Gasteiger partial charge in [-0.25, -0.2) is 0 Å². The number of nitrogens with zero attached hydrogens (tertiary/aromatic N) is 1. The normalized spacial score (nSPS) is 10.8. The molecule has 1 rings (SSSR count). The van der Waals surface area contributed by atoms with Gasteiger partial charge in [-0.15, -0.1) is 0 Å². The minimum absolute atomic E-state index is 0.0223. The molecule has 0 amide bonds. The van der Waals surface area contributed by atoms with Crippen molar-refractivity contribution in [3.05, 3.63) is 20.2 Å². The summed E-state index contributed by atoms with van der Waals surface area (Å²) in [5, 5.41) is 8.53. The largest absolute Gasteiger partial charge is 0.480 e. The Morgan fingerprint density at radius 1 is 1.64 bits per heavy atom. The average Bonchev–Trinajstić information content (AvgIpc) is 2.28. The van der Waals surface area contributed by atoms with E-state index in [0.717, 1.165) is 21.9 Å². The van der Waals surface area contributed by atoms with Gasteiger partial charge in [0.1, 0.15) is 0 Å². The molecule has 0 aliphatic rings. The minimum Gasteiger partial charge on any atom is -0.480 e. The number of nitrogens with one attached hydrogen (secondary N) is 1. The van der Waals surface area contributed by atoms with E-state index in [1.54, 1.807) is 11.9 Å². The molecule has 1 aromatic heterocycles. The summed E-state index contributed by atoms with van der Waals surface area (Å²) >= 11 is 1.12. The molecule has 5 nitrogen and oxygen atoms in total. The highest BCUT2D eigenvalue weighted by Crippen LogP contribution is 2.09. The van der Waals surface area contributed by atoms with E-state index in [2.05, 4.69) is 4.98 Å². The van der Waals surface area contributed by atoms with Gasteiger partial charge in [0.25, 0.3) is 0 Å². The molecule has 2 N–H and O–H groups in total. The molecule has 0 aliphatic carbocycles. The molecular formula is C8H12N2O3S. The number of carboxylic acids is 1. The van der Waals surface area contributed by atoms with Crippen LogP contribution in [0.15, 0.2) is 4.79 Å². The fraction of sp³-hybridized carbons (Fsp3) is 0.500. The summed E-state index contributed by atoms with van der Waals surface area (Å²) in [7, 11) is 1.71. The number of thiazole rings is 1. The van der Waals surface area contributed by atoms with Crippen LogP contribution in [-0.4, -0.2) is 34.6 Å². The Kier molecular flexibility index (Phi) is 3.43. The summed E-state index contributed by atoms with van der Waals surface area (Å²) < 4.78 is 0. The van der Waals surface area contributed by atoms with Gasteiger partial charge in [0.05, 0.1) is 6.54 Å². The second kappa shape index (κ2) is 4.39. The Bertz CT molecular complexity index is 382. The highest BCUT2D eigenvalue weighted by Gasteiger charge is 2.09. The number of carboxylic acid groups (broad SMARTS) is 1. The van der Waals surface area contributed by atoms with Crippen LogP contribution < -0.4 is 4.87 Å². The molecule has 0 saturated heterocycles. The summed E-state index contributed by atoms with van der Waals surface area (Å²) in [6.45, 7) is 2.27. The van der Waals surface area contributed by atoms with E-state index in [-0.39, 0.29) is 11.4 Å². The number of likely N-dealkylation sites (N-methyl/N-ethyl adjacent to an activating group) is 1. The van der Waals surface area contributed by atoms with Crippen LogP contribution in [0.5, 0.6) is 0 Å². The van der Waals surface area contributed by atoms with Crippen LogP contribution in [0.25, 0.3) is 0 Å². The van der Waals surface area contributed by atoms with E-state index in [0.29, 0.717) is 6.54 Å². The summed E-state index contributed by atoms with van der Waals surface area (Å²) in [4.78, 5) is 26.4. The second-order valence-electron chi connectivity index (χ2n) is 3.13. The van der Waals surface area contributed by atoms with E-state index in [9.17, 15) is 9.59 Å². The molecule has 1 aromatic rings. The zero-order valence-electron chi connectivity index (χ0n) is 8.03. The Balaban J connectivity index is 2.64. The van der Waals surface area contributed by atoms with Crippen molar-refractivity contribution < 1.29 is 9.90 Å². The first-order valence-electron chi connectivity index (χ1n) is 4.08. The van der Waals surface area contributed by atoms with Crippen LogP contribution in [0.2, 0.25) is 0 Å². The Labute approximate surface area is 85.0 Å². The van der Waals surface area contributed by atoms with Crippen LogP contribution >= 0.6 is 11.3 Å². The molecule has 0 spiro atoms. The fourth-order valence-electron chi connectivity index (χ4n) is 1.12. The quantitative estimate of drug-likeness (QED) is 0.757. The van der Waals surface area contributed by atoms with Gasteiger partial charge in [0.2, 0.25) is 0 Å². The Morgan fingerprint density at radius 2 is 2.29 bits per heavy atom. The number of rotatable bonds is 4. The lowest BCUT2D eigenvalue weighted by molar-refractivity contribution is -0.138. The van der Waals surface area contributed by atoms with Crippen LogP contribution in [0, 0.1) is 6.92 Å². The van der Waals surface area contributed by atoms with Gasteiger partial charge in [-0.05, 0) is 14.0 Å². The molecule has 0 unspecified atom stereocenters. The zero-order chi connectivity index (χ0) is 10.7. The number of carbonyl (C=O) groups is 1. The number of hydrogen-bond donors (Lipinski definition) is 2. The van der Waals surface area contributed by atoms with Crippen molar-refractivity contribution in [2.24, 2.45) is 0 Å². The Morgan fingerprint density at radius 3 is 2.71 bits per heavy atom. The number of aryl methyl sites for hydroxylation is 1. The van der Waals surface area contributed by atoms with Gasteiger partial charge in [0, 0.05) is 17.1 Å². The summed E-state index contributed by atoms with van der Waals surface area (Å²) in [5.74, 6) is -0.868. The van der Waals surface area contributed by atoms with Gasteiger partial charge in [-0.2, -0.15) is 0 Å². The molecule has 1 heterocycles. The van der Waals surface area contributed by atoms with Crippen molar-refractivity contribution >= 4 is 17.3 Å². The summed E-state index contributed by atoms with van der Waals surface area (Å²) in [6, 6.07) is 0. The van der Waals surface area contributed by atoms with Crippen molar-refractivity contribution in [1.29, 1.82) is 0 Å². The van der Waals surface area contributed by atoms with Crippen molar-refractivity contribution in [3.63, 3.8) is 0 Å². The van der Waals surface area contributed by atoms with Crippen molar-refractivity contribution in [3.8, 4) is 0 Å². The third kappa shape index (κ3) is 2.97. The molecule has 0 radical (unpaired) electrons. The number of aromatic amines is 1. The first-order chi connectivity index (χ1) is 6.49. The maximum atomic E-state index is 10.9. The Hall–Kier alpha value is -1.14. The van der Waals surface area contributed by atoms with Crippen LogP contribution in [0.4, 0.5) is 0 Å². The van der Waals surface area contributed by atoms with Crippen LogP contribution in [0.3, 0.4) is 0 Å². The number of aromatic nitrogens is 1. The van der Waals surface area contributed by atoms with E-state index < -0.39 is 5.97 Å². The van der Waals surface area contributed by atoms with Crippen LogP contribution in [-0.2, 0) is 11.3 Å². The first kappa shape index (κ1) is 10.9. The highest BCUT2D eigenvalue weighted by molar-refractivity contribution is 7.09. The van der Waals surface area contributed by atoms with Gasteiger partial charge >= 0.3 is 10.8 Å². The number of H-pyrrole nitrogens is 1. The third-order valence-electron chi connectivity index (χ3n) is 1.74. The van der Waals surface area contributed by atoms with Gasteiger partial charge in [-0.3, -0.25) is 14.5 Å². The molecule has 0 aromatic carbocycles. The minimum atomic E-state index is -0.868. The lowest BCUT2D eigenvalue weighted by atomic mass is 10.3. The lowest BCUT2D eigenvalue weighted by Gasteiger charge is -2.12. The average molecular weight is 216 g/mol. The predicted molar refractivity (Wildman–Crippen MR) is 53.6 cm³/mol. The van der Waals surface area contributed by atoms with Crippen molar-refractivity contribution in [2.75, 3.05) is 13.6 Å². The maximum absolute atomic E-state index is 10.9. The first-order valence-corrected chi connectivity index (χ1v) is 4.89. The van der Waals surface area contributed by atoms with Gasteiger partial charge < -0.3 is 10.1 Å². The molecule has 0 fully saturated rings. The van der Waals surface area contributed by atoms with E-state index in [1.165, 1.54) is 0 Å². The van der Waals surface area contributed by atoms with Gasteiger partial charge in [-0.1, -0.05) is 11.3 Å². The molecule has 0 bridgehead atoms. The zero-order valence-corrected chi connectivity index (χ0v) is 8.85. The molecule has 0 saturated carbocycles. The smallest absolute Gasteiger partial charge is 0.317 e.